The Balaban J connectivity index is 2.40. The molecule has 0 saturated heterocycles. The molecule has 1 heterocycles. The summed E-state index contributed by atoms with van der Waals surface area (Å²) >= 11 is 0. The van der Waals surface area contributed by atoms with Crippen molar-refractivity contribution in [1.29, 1.82) is 5.26 Å². The van der Waals surface area contributed by atoms with Crippen LogP contribution in [0.4, 0.5) is 11.4 Å². The molecule has 1 aromatic carbocycles. The number of non-ortho nitro benzene ring substituents is 1. The van der Waals surface area contributed by atoms with E-state index in [1.165, 1.54) is 13.1 Å². The van der Waals surface area contributed by atoms with E-state index in [4.69, 9.17) is 5.26 Å². The highest BCUT2D eigenvalue weighted by Crippen LogP contribution is 2.21. The van der Waals surface area contributed by atoms with Gasteiger partial charge in [0.15, 0.2) is 0 Å². The van der Waals surface area contributed by atoms with E-state index in [1.54, 1.807) is 6.07 Å². The van der Waals surface area contributed by atoms with Crippen LogP contribution in [-0.2, 0) is 7.05 Å². The van der Waals surface area contributed by atoms with Gasteiger partial charge in [0.2, 0.25) is 0 Å². The minimum absolute atomic E-state index is 0.0105. The zero-order chi connectivity index (χ0) is 17.1. The van der Waals surface area contributed by atoms with Crippen molar-refractivity contribution in [3.63, 3.8) is 0 Å². The quantitative estimate of drug-likeness (QED) is 0.605. The summed E-state index contributed by atoms with van der Waals surface area (Å²) in [6.45, 7) is 0. The van der Waals surface area contributed by atoms with Crippen molar-refractivity contribution >= 4 is 17.3 Å². The van der Waals surface area contributed by atoms with Gasteiger partial charge in [0.1, 0.15) is 11.6 Å². The SMILES string of the molecule is Cn1c(=O)[nH]cc(C(=O)Nc2ccc([N+](=O)[O-])cc2C#N)c1=O. The van der Waals surface area contributed by atoms with Crippen molar-refractivity contribution in [2.24, 2.45) is 7.05 Å². The molecule has 0 saturated carbocycles. The van der Waals surface area contributed by atoms with Gasteiger partial charge in [-0.25, -0.2) is 4.79 Å². The first kappa shape index (κ1) is 15.6. The second kappa shape index (κ2) is 5.94. The summed E-state index contributed by atoms with van der Waals surface area (Å²) in [6, 6.07) is 5.02. The van der Waals surface area contributed by atoms with Crippen LogP contribution in [0.3, 0.4) is 0 Å². The number of nitriles is 1. The third-order valence-corrected chi connectivity index (χ3v) is 3.01. The lowest BCUT2D eigenvalue weighted by Gasteiger charge is -2.07. The molecule has 1 aromatic heterocycles. The molecule has 116 valence electrons. The molecule has 0 bridgehead atoms. The summed E-state index contributed by atoms with van der Waals surface area (Å²) in [5.74, 6) is -0.854. The summed E-state index contributed by atoms with van der Waals surface area (Å²) in [6.07, 6.45) is 0.956. The predicted octanol–water partition coefficient (Wildman–Crippen LogP) is 0.106. The van der Waals surface area contributed by atoms with Gasteiger partial charge in [0.05, 0.1) is 16.2 Å². The average molecular weight is 315 g/mol. The van der Waals surface area contributed by atoms with Crippen molar-refractivity contribution < 1.29 is 9.72 Å². The van der Waals surface area contributed by atoms with Crippen LogP contribution >= 0.6 is 0 Å². The normalized spacial score (nSPS) is 9.91. The molecule has 2 rings (SSSR count). The number of aromatic nitrogens is 2. The van der Waals surface area contributed by atoms with Crippen LogP contribution in [0.2, 0.25) is 0 Å². The first-order valence-electron chi connectivity index (χ1n) is 6.13. The van der Waals surface area contributed by atoms with Crippen LogP contribution in [0.1, 0.15) is 15.9 Å². The van der Waals surface area contributed by atoms with Gasteiger partial charge in [-0.3, -0.25) is 24.3 Å². The Kier molecular flexibility index (Phi) is 4.04. The maximum absolute atomic E-state index is 12.1. The zero-order valence-electron chi connectivity index (χ0n) is 11.7. The minimum Gasteiger partial charge on any atom is -0.321 e. The van der Waals surface area contributed by atoms with Crippen LogP contribution in [0, 0.1) is 21.4 Å². The van der Waals surface area contributed by atoms with E-state index in [2.05, 4.69) is 10.3 Å². The second-order valence-corrected chi connectivity index (χ2v) is 4.42. The van der Waals surface area contributed by atoms with Crippen molar-refractivity contribution in [1.82, 2.24) is 9.55 Å². The fourth-order valence-corrected chi connectivity index (χ4v) is 1.76. The number of nitro benzene ring substituents is 1. The fourth-order valence-electron chi connectivity index (χ4n) is 1.76. The Labute approximate surface area is 127 Å². The lowest BCUT2D eigenvalue weighted by atomic mass is 10.1. The van der Waals surface area contributed by atoms with E-state index < -0.39 is 22.1 Å². The molecule has 0 spiro atoms. The number of amides is 1. The fraction of sp³-hybridized carbons (Fsp3) is 0.0769. The first-order valence-corrected chi connectivity index (χ1v) is 6.13. The summed E-state index contributed by atoms with van der Waals surface area (Å²) in [5, 5.41) is 22.0. The van der Waals surface area contributed by atoms with Gasteiger partial charge >= 0.3 is 5.69 Å². The lowest BCUT2D eigenvalue weighted by molar-refractivity contribution is -0.384. The second-order valence-electron chi connectivity index (χ2n) is 4.42. The maximum Gasteiger partial charge on any atom is 0.328 e. The van der Waals surface area contributed by atoms with Gasteiger partial charge in [-0.15, -0.1) is 0 Å². The number of hydrogen-bond acceptors (Lipinski definition) is 6. The molecule has 0 fully saturated rings. The third kappa shape index (κ3) is 2.98. The highest BCUT2D eigenvalue weighted by molar-refractivity contribution is 6.04. The molecule has 0 radical (unpaired) electrons. The van der Waals surface area contributed by atoms with E-state index in [9.17, 15) is 24.5 Å². The number of nitrogens with zero attached hydrogens (tertiary/aromatic N) is 3. The first-order chi connectivity index (χ1) is 10.8. The van der Waals surface area contributed by atoms with E-state index in [1.807, 2.05) is 0 Å². The average Bonchev–Trinajstić information content (AvgIpc) is 2.52. The molecule has 0 aliphatic heterocycles. The van der Waals surface area contributed by atoms with E-state index in [0.29, 0.717) is 0 Å². The molecule has 0 aliphatic rings. The van der Waals surface area contributed by atoms with Crippen LogP contribution < -0.4 is 16.6 Å². The molecule has 1 amide bonds. The largest absolute Gasteiger partial charge is 0.328 e. The predicted molar refractivity (Wildman–Crippen MR) is 78.1 cm³/mol. The summed E-state index contributed by atoms with van der Waals surface area (Å²) in [7, 11) is 1.20. The van der Waals surface area contributed by atoms with Gasteiger partial charge in [-0.1, -0.05) is 0 Å². The van der Waals surface area contributed by atoms with Crippen LogP contribution in [0.15, 0.2) is 34.0 Å². The van der Waals surface area contributed by atoms with Crippen molar-refractivity contribution in [2.75, 3.05) is 5.32 Å². The van der Waals surface area contributed by atoms with Crippen LogP contribution in [0.5, 0.6) is 0 Å². The Morgan fingerprint density at radius 2 is 2.13 bits per heavy atom. The smallest absolute Gasteiger partial charge is 0.321 e. The molecular weight excluding hydrogens is 306 g/mol. The number of rotatable bonds is 3. The minimum atomic E-state index is -0.854. The molecular formula is C13H9N5O5. The van der Waals surface area contributed by atoms with Crippen LogP contribution in [-0.4, -0.2) is 20.4 Å². The summed E-state index contributed by atoms with van der Waals surface area (Å²) < 4.78 is 0.718. The molecule has 0 atom stereocenters. The maximum atomic E-state index is 12.1. The van der Waals surface area contributed by atoms with Gasteiger partial charge in [-0.2, -0.15) is 5.26 Å². The monoisotopic (exact) mass is 315 g/mol. The van der Waals surface area contributed by atoms with Gasteiger partial charge in [0, 0.05) is 25.4 Å². The van der Waals surface area contributed by atoms with Gasteiger partial charge < -0.3 is 10.3 Å². The highest BCUT2D eigenvalue weighted by atomic mass is 16.6. The van der Waals surface area contributed by atoms with Crippen molar-refractivity contribution in [3.8, 4) is 6.07 Å². The number of aromatic amines is 1. The third-order valence-electron chi connectivity index (χ3n) is 3.01. The lowest BCUT2D eigenvalue weighted by Crippen LogP contribution is -2.37. The number of hydrogen-bond donors (Lipinski definition) is 2. The number of nitrogens with one attached hydrogen (secondary N) is 2. The highest BCUT2D eigenvalue weighted by Gasteiger charge is 2.16. The Hall–Kier alpha value is -3.74. The number of carbonyl (C=O) groups excluding carboxylic acids is 1. The van der Waals surface area contributed by atoms with Crippen molar-refractivity contribution in [2.45, 2.75) is 0 Å². The number of nitro groups is 1. The number of anilines is 1. The van der Waals surface area contributed by atoms with Crippen LogP contribution in [0.25, 0.3) is 0 Å². The Morgan fingerprint density at radius 1 is 1.43 bits per heavy atom. The molecule has 0 aliphatic carbocycles. The van der Waals surface area contributed by atoms with E-state index >= 15 is 0 Å². The summed E-state index contributed by atoms with van der Waals surface area (Å²) in [4.78, 5) is 47.4. The van der Waals surface area contributed by atoms with Gasteiger partial charge in [-0.05, 0) is 6.07 Å². The molecule has 2 N–H and O–H groups in total. The molecule has 10 heteroatoms. The van der Waals surface area contributed by atoms with Crippen molar-refractivity contribution in [3.05, 3.63) is 66.5 Å². The standard InChI is InChI=1S/C13H9N5O5/c1-17-12(20)9(6-15-13(17)21)11(19)16-10-3-2-8(18(22)23)4-7(10)5-14/h2-4,6H,1H3,(H,15,21)(H,16,19). The molecule has 2 aromatic rings. The Morgan fingerprint density at radius 3 is 2.74 bits per heavy atom. The molecule has 0 unspecified atom stereocenters. The van der Waals surface area contributed by atoms with Gasteiger partial charge in [0.25, 0.3) is 17.2 Å². The summed E-state index contributed by atoms with van der Waals surface area (Å²) in [5.41, 5.74) is -2.26. The molecule has 10 nitrogen and oxygen atoms in total. The van der Waals surface area contributed by atoms with E-state index in [-0.39, 0.29) is 22.5 Å². The van der Waals surface area contributed by atoms with E-state index in [0.717, 1.165) is 22.9 Å². The number of carbonyl (C=O) groups is 1. The number of H-pyrrole nitrogens is 1. The zero-order valence-corrected chi connectivity index (χ0v) is 11.7. The number of benzene rings is 1. The Bertz CT molecular complexity index is 966. The topological polar surface area (TPSA) is 151 Å². The molecule has 23 heavy (non-hydrogen) atoms.